The molecule has 0 aliphatic carbocycles. The molecule has 0 N–H and O–H groups in total. The molecule has 27 heavy (non-hydrogen) atoms. The van der Waals surface area contributed by atoms with Gasteiger partial charge < -0.3 is 0 Å². The van der Waals surface area contributed by atoms with Crippen LogP contribution in [0.4, 0.5) is 0 Å². The van der Waals surface area contributed by atoms with Crippen LogP contribution < -0.4 is 5.69 Å². The van der Waals surface area contributed by atoms with Crippen molar-refractivity contribution >= 4 is 35.0 Å². The zero-order valence-corrected chi connectivity index (χ0v) is 17.8. The Labute approximate surface area is 173 Å². The first kappa shape index (κ1) is 20.1. The van der Waals surface area contributed by atoms with Crippen molar-refractivity contribution in [3.63, 3.8) is 0 Å². The van der Waals surface area contributed by atoms with E-state index in [9.17, 15) is 4.79 Å². The van der Waals surface area contributed by atoms with Crippen LogP contribution in [-0.4, -0.2) is 14.1 Å². The van der Waals surface area contributed by atoms with Crippen molar-refractivity contribution < 1.29 is 0 Å². The predicted octanol–water partition coefficient (Wildman–Crippen LogP) is 5.69. The lowest BCUT2D eigenvalue weighted by Crippen LogP contribution is -2.26. The number of nitrogens with zero attached hydrogens (tertiary/aromatic N) is 3. The Bertz CT molecular complexity index is 976. The molecule has 0 amide bonds. The number of imidazole rings is 1. The van der Waals surface area contributed by atoms with E-state index in [0.717, 1.165) is 21.2 Å². The summed E-state index contributed by atoms with van der Waals surface area (Å²) in [5.74, 6) is 0. The van der Waals surface area contributed by atoms with Crippen LogP contribution in [0.15, 0.2) is 57.4 Å². The van der Waals surface area contributed by atoms with Gasteiger partial charge in [-0.25, -0.2) is 4.79 Å². The van der Waals surface area contributed by atoms with E-state index in [-0.39, 0.29) is 11.7 Å². The highest BCUT2D eigenvalue weighted by Crippen LogP contribution is 2.35. The van der Waals surface area contributed by atoms with E-state index in [1.54, 1.807) is 18.5 Å². The van der Waals surface area contributed by atoms with Crippen LogP contribution in [0, 0.1) is 0 Å². The quantitative estimate of drug-likeness (QED) is 0.512. The minimum atomic E-state index is 0.00665. The lowest BCUT2D eigenvalue weighted by atomic mass is 10.1. The summed E-state index contributed by atoms with van der Waals surface area (Å²) in [5, 5.41) is 2.08. The summed E-state index contributed by atoms with van der Waals surface area (Å²) < 4.78 is 3.69. The Morgan fingerprint density at radius 3 is 2.30 bits per heavy atom. The Morgan fingerprint density at radius 2 is 1.74 bits per heavy atom. The molecule has 0 aliphatic heterocycles. The fourth-order valence-electron chi connectivity index (χ4n) is 3.04. The molecule has 0 atom stereocenters. The zero-order chi connectivity index (χ0) is 19.6. The van der Waals surface area contributed by atoms with Crippen LogP contribution in [0.3, 0.4) is 0 Å². The molecule has 0 bridgehead atoms. The van der Waals surface area contributed by atoms with Crippen LogP contribution in [0.2, 0.25) is 10.0 Å². The first-order chi connectivity index (χ1) is 12.9. The minimum Gasteiger partial charge on any atom is -0.295 e. The normalized spacial score (nSPS) is 11.3. The SMILES string of the molecule is CCn1c(Cc2ccncc2)c(Sc2cc(Cl)cc(Cl)c2)n(C(C)C)c1=O. The molecule has 2 heterocycles. The van der Waals surface area contributed by atoms with E-state index in [2.05, 4.69) is 4.98 Å². The molecule has 0 spiro atoms. The highest BCUT2D eigenvalue weighted by molar-refractivity contribution is 7.99. The first-order valence-electron chi connectivity index (χ1n) is 8.77. The van der Waals surface area contributed by atoms with E-state index >= 15 is 0 Å². The van der Waals surface area contributed by atoms with Crippen molar-refractivity contribution in [2.45, 2.75) is 49.7 Å². The van der Waals surface area contributed by atoms with Crippen molar-refractivity contribution in [1.29, 1.82) is 0 Å². The summed E-state index contributed by atoms with van der Waals surface area (Å²) >= 11 is 13.9. The number of pyridine rings is 1. The number of hydrogen-bond donors (Lipinski definition) is 0. The smallest absolute Gasteiger partial charge is 0.295 e. The van der Waals surface area contributed by atoms with Crippen LogP contribution in [0.25, 0.3) is 0 Å². The van der Waals surface area contributed by atoms with Gasteiger partial charge in [-0.05, 0) is 56.7 Å². The average molecular weight is 422 g/mol. The minimum absolute atomic E-state index is 0.00665. The molecule has 0 saturated carbocycles. The van der Waals surface area contributed by atoms with Gasteiger partial charge in [0.15, 0.2) is 0 Å². The third-order valence-electron chi connectivity index (χ3n) is 4.23. The second-order valence-corrected chi connectivity index (χ2v) is 8.42. The number of benzene rings is 1. The third-order valence-corrected chi connectivity index (χ3v) is 5.77. The summed E-state index contributed by atoms with van der Waals surface area (Å²) in [6, 6.07) is 9.43. The fraction of sp³-hybridized carbons (Fsp3) is 0.300. The maximum Gasteiger partial charge on any atom is 0.329 e. The number of halogens is 2. The van der Waals surface area contributed by atoms with E-state index < -0.39 is 0 Å². The molecule has 2 aromatic heterocycles. The average Bonchev–Trinajstić information content (AvgIpc) is 2.86. The van der Waals surface area contributed by atoms with Crippen LogP contribution >= 0.6 is 35.0 Å². The molecular weight excluding hydrogens is 401 g/mol. The highest BCUT2D eigenvalue weighted by Gasteiger charge is 2.22. The van der Waals surface area contributed by atoms with Crippen LogP contribution in [-0.2, 0) is 13.0 Å². The van der Waals surface area contributed by atoms with Gasteiger partial charge in [0.1, 0.15) is 5.03 Å². The van der Waals surface area contributed by atoms with E-state index in [1.165, 1.54) is 11.8 Å². The largest absolute Gasteiger partial charge is 0.329 e. The maximum absolute atomic E-state index is 13.0. The monoisotopic (exact) mass is 421 g/mol. The van der Waals surface area contributed by atoms with Gasteiger partial charge in [0, 0.05) is 46.3 Å². The maximum atomic E-state index is 13.0. The standard InChI is InChI=1S/C20H21Cl2N3OS/c1-4-24-18(9-14-5-7-23-8-6-14)19(25(13(2)3)20(24)26)27-17-11-15(21)10-16(22)12-17/h5-8,10-13H,4,9H2,1-3H3. The van der Waals surface area contributed by atoms with Gasteiger partial charge in [-0.15, -0.1) is 0 Å². The van der Waals surface area contributed by atoms with E-state index in [4.69, 9.17) is 23.2 Å². The van der Waals surface area contributed by atoms with Crippen LogP contribution in [0.5, 0.6) is 0 Å². The second kappa shape index (κ2) is 8.55. The fourth-order valence-corrected chi connectivity index (χ4v) is 4.98. The highest BCUT2D eigenvalue weighted by atomic mass is 35.5. The molecule has 4 nitrogen and oxygen atoms in total. The van der Waals surface area contributed by atoms with Gasteiger partial charge in [-0.2, -0.15) is 0 Å². The van der Waals surface area contributed by atoms with Crippen molar-refractivity contribution in [3.8, 4) is 0 Å². The van der Waals surface area contributed by atoms with Gasteiger partial charge in [0.2, 0.25) is 0 Å². The van der Waals surface area contributed by atoms with E-state index in [0.29, 0.717) is 23.0 Å². The topological polar surface area (TPSA) is 39.8 Å². The number of hydrogen-bond acceptors (Lipinski definition) is 3. The van der Waals surface area contributed by atoms with Crippen molar-refractivity contribution in [3.05, 3.63) is 74.5 Å². The first-order valence-corrected chi connectivity index (χ1v) is 10.3. The van der Waals surface area contributed by atoms with Crippen molar-refractivity contribution in [2.75, 3.05) is 0 Å². The lowest BCUT2D eigenvalue weighted by Gasteiger charge is -2.13. The summed E-state index contributed by atoms with van der Waals surface area (Å²) in [6.07, 6.45) is 4.20. The molecule has 1 aromatic carbocycles. The van der Waals surface area contributed by atoms with Crippen LogP contribution in [0.1, 0.15) is 38.1 Å². The van der Waals surface area contributed by atoms with Gasteiger partial charge in [-0.1, -0.05) is 35.0 Å². The number of rotatable bonds is 6. The molecule has 7 heteroatoms. The molecule has 0 radical (unpaired) electrons. The van der Waals surface area contributed by atoms with Gasteiger partial charge in [0.25, 0.3) is 0 Å². The third kappa shape index (κ3) is 4.42. The Morgan fingerprint density at radius 1 is 1.11 bits per heavy atom. The van der Waals surface area contributed by atoms with E-state index in [1.807, 2.05) is 54.2 Å². The molecule has 0 unspecified atom stereocenters. The van der Waals surface area contributed by atoms with Gasteiger partial charge in [0.05, 0.1) is 5.69 Å². The molecule has 0 aliphatic rings. The summed E-state index contributed by atoms with van der Waals surface area (Å²) in [6.45, 7) is 6.65. The second-order valence-electron chi connectivity index (χ2n) is 6.48. The Kier molecular flexibility index (Phi) is 6.35. The summed E-state index contributed by atoms with van der Waals surface area (Å²) in [4.78, 5) is 18.0. The summed E-state index contributed by atoms with van der Waals surface area (Å²) in [7, 11) is 0. The molecule has 0 fully saturated rings. The Hall–Kier alpha value is -1.69. The molecule has 0 saturated heterocycles. The molecule has 3 aromatic rings. The van der Waals surface area contributed by atoms with Gasteiger partial charge in [-0.3, -0.25) is 14.1 Å². The molecule has 142 valence electrons. The van der Waals surface area contributed by atoms with Crippen molar-refractivity contribution in [2.24, 2.45) is 0 Å². The summed E-state index contributed by atoms with van der Waals surface area (Å²) in [5.41, 5.74) is 2.11. The van der Waals surface area contributed by atoms with Crippen molar-refractivity contribution in [1.82, 2.24) is 14.1 Å². The number of aromatic nitrogens is 3. The zero-order valence-electron chi connectivity index (χ0n) is 15.4. The molecule has 3 rings (SSSR count). The Balaban J connectivity index is 2.15. The lowest BCUT2D eigenvalue weighted by molar-refractivity contribution is 0.528. The predicted molar refractivity (Wildman–Crippen MR) is 112 cm³/mol. The van der Waals surface area contributed by atoms with Gasteiger partial charge >= 0.3 is 5.69 Å². The molecular formula is C20H21Cl2N3OS.